The zero-order valence-corrected chi connectivity index (χ0v) is 12.7. The van der Waals surface area contributed by atoms with E-state index in [0.717, 1.165) is 22.3 Å². The van der Waals surface area contributed by atoms with Crippen molar-refractivity contribution in [2.75, 3.05) is 10.6 Å². The molecule has 1 aromatic carbocycles. The average Bonchev–Trinajstić information content (AvgIpc) is 2.63. The van der Waals surface area contributed by atoms with Gasteiger partial charge in [-0.25, -0.2) is 4.98 Å². The van der Waals surface area contributed by atoms with Gasteiger partial charge >= 0.3 is 0 Å². The fourth-order valence-electron chi connectivity index (χ4n) is 2.34. The van der Waals surface area contributed by atoms with E-state index < -0.39 is 0 Å². The molecular weight excluding hydrogens is 300 g/mol. The molecule has 0 saturated heterocycles. The van der Waals surface area contributed by atoms with Crippen molar-refractivity contribution in [3.63, 3.8) is 0 Å². The van der Waals surface area contributed by atoms with Gasteiger partial charge < -0.3 is 10.6 Å². The van der Waals surface area contributed by atoms with Crippen LogP contribution >= 0.6 is 0 Å². The van der Waals surface area contributed by atoms with E-state index in [1.165, 1.54) is 0 Å². The monoisotopic (exact) mass is 314 g/mol. The molecule has 4 rings (SSSR count). The van der Waals surface area contributed by atoms with E-state index in [0.29, 0.717) is 11.8 Å². The van der Waals surface area contributed by atoms with Crippen LogP contribution < -0.4 is 10.6 Å². The molecule has 0 unspecified atom stereocenters. The lowest BCUT2D eigenvalue weighted by atomic mass is 10.2. The number of fused-ring (bicyclic) bond motifs is 1. The molecule has 3 aromatic heterocycles. The molecular formula is C18H14N6. The molecule has 6 nitrogen and oxygen atoms in total. The van der Waals surface area contributed by atoms with E-state index in [9.17, 15) is 0 Å². The first-order valence-electron chi connectivity index (χ1n) is 7.49. The van der Waals surface area contributed by atoms with E-state index in [1.807, 2.05) is 48.5 Å². The van der Waals surface area contributed by atoms with Crippen LogP contribution in [-0.4, -0.2) is 19.9 Å². The van der Waals surface area contributed by atoms with Gasteiger partial charge in [-0.15, -0.1) is 0 Å². The number of hydrogen-bond acceptors (Lipinski definition) is 6. The van der Waals surface area contributed by atoms with Gasteiger partial charge in [-0.3, -0.25) is 9.97 Å². The summed E-state index contributed by atoms with van der Waals surface area (Å²) in [4.78, 5) is 17.2. The Bertz CT molecular complexity index is 971. The third kappa shape index (κ3) is 3.12. The molecule has 0 aliphatic heterocycles. The molecule has 0 radical (unpaired) electrons. The Hall–Kier alpha value is -3.54. The molecule has 0 fully saturated rings. The van der Waals surface area contributed by atoms with Crippen LogP contribution in [0.1, 0.15) is 0 Å². The number of rotatable bonds is 4. The van der Waals surface area contributed by atoms with E-state index >= 15 is 0 Å². The van der Waals surface area contributed by atoms with Gasteiger partial charge in [-0.05, 0) is 30.3 Å². The molecule has 2 N–H and O–H groups in total. The zero-order chi connectivity index (χ0) is 16.2. The summed E-state index contributed by atoms with van der Waals surface area (Å²) >= 11 is 0. The van der Waals surface area contributed by atoms with Gasteiger partial charge in [0.1, 0.15) is 5.82 Å². The Kier molecular flexibility index (Phi) is 3.69. The molecule has 4 aromatic rings. The number of nitrogens with zero attached hydrogens (tertiary/aromatic N) is 4. The Balaban J connectivity index is 1.56. The van der Waals surface area contributed by atoms with E-state index in [2.05, 4.69) is 30.6 Å². The minimum atomic E-state index is 0.502. The molecule has 0 aliphatic carbocycles. The molecule has 0 atom stereocenters. The maximum atomic E-state index is 4.45. The van der Waals surface area contributed by atoms with Crippen molar-refractivity contribution in [2.24, 2.45) is 0 Å². The van der Waals surface area contributed by atoms with E-state index in [-0.39, 0.29) is 0 Å². The van der Waals surface area contributed by atoms with Crippen LogP contribution in [0.15, 0.2) is 73.3 Å². The van der Waals surface area contributed by atoms with Crippen LogP contribution in [0.25, 0.3) is 10.9 Å². The maximum Gasteiger partial charge on any atom is 0.229 e. The standard InChI is InChI=1S/C18H14N6/c1-2-6-16-13(4-1)10-15(12-21-16)22-17-7-9-20-18(24-17)23-14-5-3-8-19-11-14/h1-12H,(H2,20,22,23,24). The van der Waals surface area contributed by atoms with Gasteiger partial charge in [0.05, 0.1) is 29.3 Å². The van der Waals surface area contributed by atoms with Gasteiger partial charge in [0.25, 0.3) is 0 Å². The van der Waals surface area contributed by atoms with Crippen molar-refractivity contribution >= 4 is 34.0 Å². The second-order valence-corrected chi connectivity index (χ2v) is 5.17. The normalized spacial score (nSPS) is 10.5. The van der Waals surface area contributed by atoms with Gasteiger partial charge in [0, 0.05) is 17.8 Å². The molecule has 24 heavy (non-hydrogen) atoms. The predicted octanol–water partition coefficient (Wildman–Crippen LogP) is 3.91. The summed E-state index contributed by atoms with van der Waals surface area (Å²) in [5.41, 5.74) is 2.67. The summed E-state index contributed by atoms with van der Waals surface area (Å²) in [5.74, 6) is 1.19. The lowest BCUT2D eigenvalue weighted by Gasteiger charge is -2.08. The van der Waals surface area contributed by atoms with Gasteiger partial charge in [0.15, 0.2) is 0 Å². The Morgan fingerprint density at radius 2 is 1.71 bits per heavy atom. The Morgan fingerprint density at radius 1 is 0.750 bits per heavy atom. The topological polar surface area (TPSA) is 75.6 Å². The fourth-order valence-corrected chi connectivity index (χ4v) is 2.34. The first-order chi connectivity index (χ1) is 11.9. The summed E-state index contributed by atoms with van der Waals surface area (Å²) in [7, 11) is 0. The third-order valence-electron chi connectivity index (χ3n) is 3.44. The minimum absolute atomic E-state index is 0.502. The number of aromatic nitrogens is 4. The second kappa shape index (κ2) is 6.29. The van der Waals surface area contributed by atoms with E-state index in [4.69, 9.17) is 0 Å². The summed E-state index contributed by atoms with van der Waals surface area (Å²) < 4.78 is 0. The highest BCUT2D eigenvalue weighted by atomic mass is 15.1. The highest BCUT2D eigenvalue weighted by Gasteiger charge is 2.02. The number of pyridine rings is 2. The molecule has 3 heterocycles. The maximum absolute atomic E-state index is 4.45. The molecule has 0 amide bonds. The number of anilines is 4. The SMILES string of the molecule is c1cncc(Nc2nccc(Nc3cnc4ccccc4c3)n2)c1. The van der Waals surface area contributed by atoms with Crippen LogP contribution in [0.4, 0.5) is 23.1 Å². The van der Waals surface area contributed by atoms with Crippen molar-refractivity contribution in [1.29, 1.82) is 0 Å². The number of nitrogens with one attached hydrogen (secondary N) is 2. The van der Waals surface area contributed by atoms with Crippen LogP contribution in [0, 0.1) is 0 Å². The summed E-state index contributed by atoms with van der Waals surface area (Å²) in [6, 6.07) is 15.6. The highest BCUT2D eigenvalue weighted by molar-refractivity contribution is 5.82. The highest BCUT2D eigenvalue weighted by Crippen LogP contribution is 2.20. The predicted molar refractivity (Wildman–Crippen MR) is 94.6 cm³/mol. The minimum Gasteiger partial charge on any atom is -0.339 e. The van der Waals surface area contributed by atoms with Crippen LogP contribution in [0.3, 0.4) is 0 Å². The Labute approximate surface area is 138 Å². The van der Waals surface area contributed by atoms with Crippen molar-refractivity contribution in [3.05, 3.63) is 73.3 Å². The van der Waals surface area contributed by atoms with Crippen LogP contribution in [-0.2, 0) is 0 Å². The molecule has 0 bridgehead atoms. The quantitative estimate of drug-likeness (QED) is 0.595. The Morgan fingerprint density at radius 3 is 2.62 bits per heavy atom. The van der Waals surface area contributed by atoms with Gasteiger partial charge in [-0.1, -0.05) is 18.2 Å². The van der Waals surface area contributed by atoms with Gasteiger partial charge in [-0.2, -0.15) is 4.98 Å². The first kappa shape index (κ1) is 14.1. The molecule has 0 saturated carbocycles. The summed E-state index contributed by atoms with van der Waals surface area (Å²) in [6.45, 7) is 0. The summed E-state index contributed by atoms with van der Waals surface area (Å²) in [5, 5.41) is 7.45. The lowest BCUT2D eigenvalue weighted by molar-refractivity contribution is 1.16. The first-order valence-corrected chi connectivity index (χ1v) is 7.49. The van der Waals surface area contributed by atoms with Crippen molar-refractivity contribution in [3.8, 4) is 0 Å². The third-order valence-corrected chi connectivity index (χ3v) is 3.44. The number of hydrogen-bond donors (Lipinski definition) is 2. The van der Waals surface area contributed by atoms with Crippen LogP contribution in [0.5, 0.6) is 0 Å². The largest absolute Gasteiger partial charge is 0.339 e. The number of para-hydroxylation sites is 1. The lowest BCUT2D eigenvalue weighted by Crippen LogP contribution is -2.00. The number of benzene rings is 1. The zero-order valence-electron chi connectivity index (χ0n) is 12.7. The second-order valence-electron chi connectivity index (χ2n) is 5.17. The summed E-state index contributed by atoms with van der Waals surface area (Å²) in [6.07, 6.45) is 6.93. The fraction of sp³-hybridized carbons (Fsp3) is 0. The molecule has 0 spiro atoms. The van der Waals surface area contributed by atoms with Crippen molar-refractivity contribution < 1.29 is 0 Å². The average molecular weight is 314 g/mol. The van der Waals surface area contributed by atoms with Crippen molar-refractivity contribution in [1.82, 2.24) is 19.9 Å². The molecule has 6 heteroatoms. The molecule has 0 aliphatic rings. The van der Waals surface area contributed by atoms with E-state index in [1.54, 1.807) is 24.8 Å². The van der Waals surface area contributed by atoms with Crippen molar-refractivity contribution in [2.45, 2.75) is 0 Å². The molecule has 116 valence electrons. The smallest absolute Gasteiger partial charge is 0.229 e. The van der Waals surface area contributed by atoms with Gasteiger partial charge in [0.2, 0.25) is 5.95 Å². The van der Waals surface area contributed by atoms with Crippen LogP contribution in [0.2, 0.25) is 0 Å².